The van der Waals surface area contributed by atoms with Crippen LogP contribution >= 0.6 is 0 Å². The van der Waals surface area contributed by atoms with E-state index in [2.05, 4.69) is 21.3 Å². The Kier molecular flexibility index (Phi) is 6.07. The van der Waals surface area contributed by atoms with Crippen molar-refractivity contribution in [3.63, 3.8) is 0 Å². The lowest BCUT2D eigenvalue weighted by Gasteiger charge is -2.28. The van der Waals surface area contributed by atoms with Crippen molar-refractivity contribution in [2.75, 3.05) is 43.6 Å². The lowest BCUT2D eigenvalue weighted by molar-refractivity contribution is -0.116. The predicted molar refractivity (Wildman–Crippen MR) is 102 cm³/mol. The molecule has 2 heterocycles. The second kappa shape index (κ2) is 8.67. The number of nitrogens with zero attached hydrogens (tertiary/aromatic N) is 2. The van der Waals surface area contributed by atoms with Crippen LogP contribution in [0.1, 0.15) is 17.5 Å². The number of carbonyl (C=O) groups excluding carboxylic acids is 1. The van der Waals surface area contributed by atoms with E-state index in [0.717, 1.165) is 43.2 Å². The SMILES string of the molecule is COc1ccc(C)cc1NC(=O)CCc1ccnc(N2CCOCC2)c1. The van der Waals surface area contributed by atoms with Crippen molar-refractivity contribution in [3.05, 3.63) is 47.7 Å². The molecule has 1 aliphatic rings. The summed E-state index contributed by atoms with van der Waals surface area (Å²) in [6.07, 6.45) is 2.88. The third-order valence-corrected chi connectivity index (χ3v) is 4.41. The lowest BCUT2D eigenvalue weighted by atomic mass is 10.1. The molecule has 0 saturated carbocycles. The highest BCUT2D eigenvalue weighted by Gasteiger charge is 2.13. The normalized spacial score (nSPS) is 14.2. The first-order chi connectivity index (χ1) is 12.7. The molecule has 1 N–H and O–H groups in total. The Morgan fingerprint density at radius 3 is 2.85 bits per heavy atom. The number of anilines is 2. The van der Waals surface area contributed by atoms with Crippen LogP contribution in [0.2, 0.25) is 0 Å². The van der Waals surface area contributed by atoms with E-state index < -0.39 is 0 Å². The maximum atomic E-state index is 12.3. The summed E-state index contributed by atoms with van der Waals surface area (Å²) < 4.78 is 10.7. The van der Waals surface area contributed by atoms with Gasteiger partial charge in [-0.05, 0) is 48.7 Å². The van der Waals surface area contributed by atoms with E-state index in [-0.39, 0.29) is 5.91 Å². The lowest BCUT2D eigenvalue weighted by Crippen LogP contribution is -2.36. The number of morpholine rings is 1. The van der Waals surface area contributed by atoms with Crippen LogP contribution in [0.4, 0.5) is 11.5 Å². The highest BCUT2D eigenvalue weighted by Crippen LogP contribution is 2.25. The molecule has 0 aliphatic carbocycles. The van der Waals surface area contributed by atoms with Crippen LogP contribution in [-0.4, -0.2) is 44.3 Å². The van der Waals surface area contributed by atoms with E-state index >= 15 is 0 Å². The number of carbonyl (C=O) groups is 1. The molecule has 0 bridgehead atoms. The highest BCUT2D eigenvalue weighted by atomic mass is 16.5. The largest absolute Gasteiger partial charge is 0.495 e. The Morgan fingerprint density at radius 2 is 2.08 bits per heavy atom. The molecule has 1 fully saturated rings. The second-order valence-electron chi connectivity index (χ2n) is 6.37. The van der Waals surface area contributed by atoms with Crippen molar-refractivity contribution < 1.29 is 14.3 Å². The summed E-state index contributed by atoms with van der Waals surface area (Å²) in [5.41, 5.74) is 2.89. The van der Waals surface area contributed by atoms with Crippen LogP contribution in [0.15, 0.2) is 36.5 Å². The molecule has 1 amide bonds. The van der Waals surface area contributed by atoms with Gasteiger partial charge in [-0.15, -0.1) is 0 Å². The molecular weight excluding hydrogens is 330 g/mol. The Morgan fingerprint density at radius 1 is 1.27 bits per heavy atom. The van der Waals surface area contributed by atoms with E-state index in [9.17, 15) is 4.79 Å². The number of ether oxygens (including phenoxy) is 2. The van der Waals surface area contributed by atoms with Crippen molar-refractivity contribution in [1.82, 2.24) is 4.98 Å². The molecule has 1 aromatic carbocycles. The van der Waals surface area contributed by atoms with Crippen LogP contribution in [0.3, 0.4) is 0 Å². The number of rotatable bonds is 6. The van der Waals surface area contributed by atoms with E-state index in [4.69, 9.17) is 9.47 Å². The van der Waals surface area contributed by atoms with Crippen LogP contribution in [0.5, 0.6) is 5.75 Å². The van der Waals surface area contributed by atoms with Crippen LogP contribution < -0.4 is 15.0 Å². The standard InChI is InChI=1S/C20H25N3O3/c1-15-3-5-18(25-2)17(13-15)22-20(24)6-4-16-7-8-21-19(14-16)23-9-11-26-12-10-23/h3,5,7-8,13-14H,4,6,9-12H2,1-2H3,(H,22,24). The third-order valence-electron chi connectivity index (χ3n) is 4.41. The van der Waals surface area contributed by atoms with Gasteiger partial charge in [0.2, 0.25) is 5.91 Å². The van der Waals surface area contributed by atoms with E-state index in [1.165, 1.54) is 0 Å². The average Bonchev–Trinajstić information content (AvgIpc) is 2.67. The molecular formula is C20H25N3O3. The number of aryl methyl sites for hydroxylation is 2. The van der Waals surface area contributed by atoms with Gasteiger partial charge >= 0.3 is 0 Å². The maximum Gasteiger partial charge on any atom is 0.224 e. The van der Waals surface area contributed by atoms with Crippen molar-refractivity contribution in [1.29, 1.82) is 0 Å². The molecule has 1 aliphatic heterocycles. The Bertz CT molecular complexity index is 758. The summed E-state index contributed by atoms with van der Waals surface area (Å²) in [6, 6.07) is 9.76. The molecule has 6 heteroatoms. The number of amides is 1. The first-order valence-corrected chi connectivity index (χ1v) is 8.88. The Labute approximate surface area is 154 Å². The summed E-state index contributed by atoms with van der Waals surface area (Å²) in [7, 11) is 1.60. The maximum absolute atomic E-state index is 12.3. The van der Waals surface area contributed by atoms with Crippen LogP contribution in [0, 0.1) is 6.92 Å². The van der Waals surface area contributed by atoms with Gasteiger partial charge in [-0.1, -0.05) is 6.07 Å². The molecule has 0 radical (unpaired) electrons. The molecule has 26 heavy (non-hydrogen) atoms. The second-order valence-corrected chi connectivity index (χ2v) is 6.37. The zero-order chi connectivity index (χ0) is 18.4. The number of methoxy groups -OCH3 is 1. The van der Waals surface area contributed by atoms with Crippen LogP contribution in [-0.2, 0) is 16.0 Å². The van der Waals surface area contributed by atoms with E-state index in [1.807, 2.05) is 37.4 Å². The van der Waals surface area contributed by atoms with E-state index in [0.29, 0.717) is 24.3 Å². The smallest absolute Gasteiger partial charge is 0.224 e. The summed E-state index contributed by atoms with van der Waals surface area (Å²) in [6.45, 7) is 5.15. The Hall–Kier alpha value is -2.60. The molecule has 0 spiro atoms. The number of benzene rings is 1. The van der Waals surface area contributed by atoms with Crippen molar-refractivity contribution in [3.8, 4) is 5.75 Å². The van der Waals surface area contributed by atoms with Gasteiger partial charge in [0.05, 0.1) is 26.0 Å². The molecule has 3 rings (SSSR count). The number of hydrogen-bond donors (Lipinski definition) is 1. The zero-order valence-corrected chi connectivity index (χ0v) is 15.3. The fourth-order valence-electron chi connectivity index (χ4n) is 2.97. The quantitative estimate of drug-likeness (QED) is 0.863. The summed E-state index contributed by atoms with van der Waals surface area (Å²) in [5.74, 6) is 1.59. The molecule has 138 valence electrons. The summed E-state index contributed by atoms with van der Waals surface area (Å²) >= 11 is 0. The monoisotopic (exact) mass is 355 g/mol. The van der Waals surface area contributed by atoms with Crippen molar-refractivity contribution >= 4 is 17.4 Å². The van der Waals surface area contributed by atoms with Gasteiger partial charge in [0.15, 0.2) is 0 Å². The molecule has 1 aromatic heterocycles. The van der Waals surface area contributed by atoms with Gasteiger partial charge in [-0.3, -0.25) is 4.79 Å². The molecule has 0 unspecified atom stereocenters. The van der Waals surface area contributed by atoms with Crippen LogP contribution in [0.25, 0.3) is 0 Å². The van der Waals surface area contributed by atoms with Gasteiger partial charge in [0.25, 0.3) is 0 Å². The first kappa shape index (κ1) is 18.2. The number of nitrogens with one attached hydrogen (secondary N) is 1. The van der Waals surface area contributed by atoms with Gasteiger partial charge in [-0.2, -0.15) is 0 Å². The molecule has 6 nitrogen and oxygen atoms in total. The molecule has 1 saturated heterocycles. The minimum Gasteiger partial charge on any atom is -0.495 e. The van der Waals surface area contributed by atoms with Crippen molar-refractivity contribution in [2.24, 2.45) is 0 Å². The fraction of sp³-hybridized carbons (Fsp3) is 0.400. The fourth-order valence-corrected chi connectivity index (χ4v) is 2.97. The summed E-state index contributed by atoms with van der Waals surface area (Å²) in [4.78, 5) is 19.0. The first-order valence-electron chi connectivity index (χ1n) is 8.88. The Balaban J connectivity index is 1.58. The third kappa shape index (κ3) is 4.73. The predicted octanol–water partition coefficient (Wildman–Crippen LogP) is 2.81. The van der Waals surface area contributed by atoms with Gasteiger partial charge in [0.1, 0.15) is 11.6 Å². The van der Waals surface area contributed by atoms with E-state index in [1.54, 1.807) is 7.11 Å². The number of hydrogen-bond acceptors (Lipinski definition) is 5. The zero-order valence-electron chi connectivity index (χ0n) is 15.3. The highest BCUT2D eigenvalue weighted by molar-refractivity contribution is 5.92. The minimum atomic E-state index is -0.0290. The molecule has 2 aromatic rings. The van der Waals surface area contributed by atoms with Gasteiger partial charge in [-0.25, -0.2) is 4.98 Å². The van der Waals surface area contributed by atoms with Crippen molar-refractivity contribution in [2.45, 2.75) is 19.8 Å². The minimum absolute atomic E-state index is 0.0290. The number of pyridine rings is 1. The van der Waals surface area contributed by atoms with Gasteiger partial charge in [0, 0.05) is 25.7 Å². The number of aromatic nitrogens is 1. The average molecular weight is 355 g/mol. The molecule has 0 atom stereocenters. The van der Waals surface area contributed by atoms with Gasteiger partial charge < -0.3 is 19.7 Å². The topological polar surface area (TPSA) is 63.7 Å². The summed E-state index contributed by atoms with van der Waals surface area (Å²) in [5, 5.41) is 2.94.